The van der Waals surface area contributed by atoms with E-state index < -0.39 is 53.5 Å². The summed E-state index contributed by atoms with van der Waals surface area (Å²) in [6.45, 7) is -0.183. The second kappa shape index (κ2) is 8.50. The molecule has 1 aromatic carbocycles. The molecule has 1 N–H and O–H groups in total. The van der Waals surface area contributed by atoms with E-state index in [0.29, 0.717) is 10.7 Å². The summed E-state index contributed by atoms with van der Waals surface area (Å²) in [4.78, 5) is 12.0. The molecule has 0 fully saturated rings. The molecule has 1 amide bonds. The van der Waals surface area contributed by atoms with Crippen LogP contribution < -0.4 is 5.32 Å². The summed E-state index contributed by atoms with van der Waals surface area (Å²) in [5.74, 6) is -1.02. The predicted molar refractivity (Wildman–Crippen MR) is 104 cm³/mol. The number of aryl methyl sites for hydroxylation is 2. The molecule has 0 radical (unpaired) electrons. The average Bonchev–Trinajstić information content (AvgIpc) is 3.29. The number of rotatable bonds is 4. The number of hydrogen-bond acceptors (Lipinski definition) is 4. The zero-order chi connectivity index (χ0) is 25.7. The lowest BCUT2D eigenvalue weighted by atomic mass is 9.91. The van der Waals surface area contributed by atoms with Gasteiger partial charge in [-0.2, -0.15) is 44.6 Å². The quantitative estimate of drug-likeness (QED) is 0.439. The van der Waals surface area contributed by atoms with Crippen molar-refractivity contribution >= 4 is 23.6 Å². The molecular formula is C19H15F9N4OS. The minimum Gasteiger partial charge on any atom is -0.343 e. The van der Waals surface area contributed by atoms with E-state index in [1.807, 2.05) is 0 Å². The lowest BCUT2D eigenvalue weighted by molar-refractivity contribution is -0.161. The molecule has 34 heavy (non-hydrogen) atoms. The van der Waals surface area contributed by atoms with Crippen LogP contribution in [-0.4, -0.2) is 40.3 Å². The largest absolute Gasteiger partial charge is 0.435 e. The molecule has 3 rings (SSSR count). The highest BCUT2D eigenvalue weighted by Gasteiger charge is 2.62. The fourth-order valence-electron chi connectivity index (χ4n) is 3.38. The maximum atomic E-state index is 14.1. The number of carbonyl (C=O) groups excluding carboxylic acids is 1. The highest BCUT2D eigenvalue weighted by atomic mass is 32.2. The first-order valence-corrected chi connectivity index (χ1v) is 10.1. The van der Waals surface area contributed by atoms with E-state index in [9.17, 15) is 44.3 Å². The van der Waals surface area contributed by atoms with E-state index in [4.69, 9.17) is 0 Å². The summed E-state index contributed by atoms with van der Waals surface area (Å²) in [7, 11) is 0.967. The van der Waals surface area contributed by atoms with Crippen molar-refractivity contribution in [3.8, 4) is 0 Å². The van der Waals surface area contributed by atoms with Gasteiger partial charge in [0.15, 0.2) is 10.4 Å². The highest BCUT2D eigenvalue weighted by Crippen LogP contribution is 2.57. The third-order valence-electron chi connectivity index (χ3n) is 5.02. The van der Waals surface area contributed by atoms with Gasteiger partial charge in [-0.15, -0.1) is 0 Å². The number of nitrogens with one attached hydrogen (secondary N) is 1. The Hall–Kier alpha value is -2.71. The second-order valence-electron chi connectivity index (χ2n) is 7.49. The van der Waals surface area contributed by atoms with Crippen LogP contribution in [0.5, 0.6) is 0 Å². The third-order valence-corrected chi connectivity index (χ3v) is 6.23. The van der Waals surface area contributed by atoms with Crippen molar-refractivity contribution in [2.75, 3.05) is 6.54 Å². The highest BCUT2D eigenvalue weighted by molar-refractivity contribution is 7.99. The number of halogens is 9. The molecule has 5 nitrogen and oxygen atoms in total. The monoisotopic (exact) mass is 518 g/mol. The first kappa shape index (κ1) is 25.9. The van der Waals surface area contributed by atoms with Crippen LogP contribution in [0.4, 0.5) is 39.5 Å². The fourth-order valence-corrected chi connectivity index (χ4v) is 4.41. The van der Waals surface area contributed by atoms with Gasteiger partial charge in [-0.25, -0.2) is 4.40 Å². The van der Waals surface area contributed by atoms with Crippen LogP contribution >= 0.6 is 11.9 Å². The summed E-state index contributed by atoms with van der Waals surface area (Å²) >= 11 is 0.0486. The summed E-state index contributed by atoms with van der Waals surface area (Å²) in [5, 5.41) is 4.86. The van der Waals surface area contributed by atoms with Gasteiger partial charge in [0.25, 0.3) is 5.91 Å². The second-order valence-corrected chi connectivity index (χ2v) is 8.56. The van der Waals surface area contributed by atoms with Crippen LogP contribution in [0.2, 0.25) is 0 Å². The molecule has 15 heteroatoms. The Morgan fingerprint density at radius 1 is 1.12 bits per heavy atom. The molecule has 0 aliphatic carbocycles. The number of nitrogens with zero attached hydrogens (tertiary/aromatic N) is 3. The van der Waals surface area contributed by atoms with Gasteiger partial charge in [-0.05, 0) is 48.2 Å². The van der Waals surface area contributed by atoms with Crippen molar-refractivity contribution in [2.45, 2.75) is 36.6 Å². The molecule has 1 atom stereocenters. The van der Waals surface area contributed by atoms with Gasteiger partial charge in [-0.1, -0.05) is 6.07 Å². The Labute approximate surface area is 190 Å². The van der Waals surface area contributed by atoms with Crippen molar-refractivity contribution in [3.05, 3.63) is 52.3 Å². The Morgan fingerprint density at radius 2 is 1.76 bits per heavy atom. The van der Waals surface area contributed by atoms with Gasteiger partial charge in [0.05, 0.1) is 11.4 Å². The van der Waals surface area contributed by atoms with Gasteiger partial charge >= 0.3 is 18.5 Å². The molecular weight excluding hydrogens is 503 g/mol. The maximum absolute atomic E-state index is 14.1. The standard InChI is InChI=1S/C19H15F9N4OS/c1-9-5-10(3-4-11(9)15(33)29-8-17(20,21)22)12-7-16(34-31-12,19(26,27)28)14-6-13(18(23,24)25)30-32(14)2/h3-6H,7-8H2,1-2H3,(H,29,33). The normalized spacial score (nSPS) is 19.3. The van der Waals surface area contributed by atoms with Crippen LogP contribution in [0, 0.1) is 6.92 Å². The zero-order valence-electron chi connectivity index (χ0n) is 17.3. The van der Waals surface area contributed by atoms with Crippen molar-refractivity contribution in [2.24, 2.45) is 11.4 Å². The topological polar surface area (TPSA) is 59.3 Å². The number of amides is 1. The molecule has 2 aromatic rings. The number of hydrogen-bond donors (Lipinski definition) is 1. The summed E-state index contributed by atoms with van der Waals surface area (Å²) in [6, 6.07) is 3.96. The average molecular weight is 518 g/mol. The molecule has 0 saturated heterocycles. The molecule has 1 unspecified atom stereocenters. The molecule has 0 saturated carbocycles. The number of benzene rings is 1. The maximum Gasteiger partial charge on any atom is 0.435 e. The SMILES string of the molecule is Cc1cc(C2=NSC(c3cc(C(F)(F)F)nn3C)(C(F)(F)F)C2)ccc1C(=O)NCC(F)(F)F. The Morgan fingerprint density at radius 3 is 2.26 bits per heavy atom. The minimum atomic E-state index is -5.01. The van der Waals surface area contributed by atoms with Gasteiger partial charge in [0, 0.05) is 19.0 Å². The number of aromatic nitrogens is 2. The summed E-state index contributed by atoms with van der Waals surface area (Å²) in [6.07, 6.45) is -15.4. The van der Waals surface area contributed by atoms with Crippen LogP contribution in [0.25, 0.3) is 0 Å². The van der Waals surface area contributed by atoms with E-state index in [1.54, 1.807) is 5.32 Å². The van der Waals surface area contributed by atoms with Crippen molar-refractivity contribution < 1.29 is 44.3 Å². The Kier molecular flexibility index (Phi) is 6.48. The van der Waals surface area contributed by atoms with E-state index in [1.165, 1.54) is 19.1 Å². The number of alkyl halides is 9. The van der Waals surface area contributed by atoms with Gasteiger partial charge in [0.2, 0.25) is 0 Å². The van der Waals surface area contributed by atoms with Gasteiger partial charge in [0.1, 0.15) is 6.54 Å². The molecule has 186 valence electrons. The predicted octanol–water partition coefficient (Wildman–Crippen LogP) is 5.34. The van der Waals surface area contributed by atoms with Crippen LogP contribution in [0.1, 0.15) is 39.3 Å². The Balaban J connectivity index is 1.91. The van der Waals surface area contributed by atoms with E-state index >= 15 is 0 Å². The third kappa shape index (κ3) is 5.03. The lowest BCUT2D eigenvalue weighted by Gasteiger charge is -2.29. The summed E-state index contributed by atoms with van der Waals surface area (Å²) in [5.41, 5.74) is -2.13. The van der Waals surface area contributed by atoms with Crippen LogP contribution in [-0.2, 0) is 18.0 Å². The lowest BCUT2D eigenvalue weighted by Crippen LogP contribution is -2.40. The van der Waals surface area contributed by atoms with Crippen LogP contribution in [0.3, 0.4) is 0 Å². The molecule has 0 spiro atoms. The van der Waals surface area contributed by atoms with Crippen molar-refractivity contribution in [3.63, 3.8) is 0 Å². The fraction of sp³-hybridized carbons (Fsp3) is 0.421. The molecule has 1 aliphatic rings. The minimum absolute atomic E-state index is 0.0486. The van der Waals surface area contributed by atoms with E-state index in [2.05, 4.69) is 9.50 Å². The van der Waals surface area contributed by atoms with Gasteiger partial charge < -0.3 is 5.32 Å². The van der Waals surface area contributed by atoms with Crippen molar-refractivity contribution in [1.82, 2.24) is 15.1 Å². The summed E-state index contributed by atoms with van der Waals surface area (Å²) < 4.78 is 120. The molecule has 1 aliphatic heterocycles. The zero-order valence-corrected chi connectivity index (χ0v) is 18.1. The Bertz CT molecular complexity index is 1130. The number of carbonyl (C=O) groups is 1. The van der Waals surface area contributed by atoms with Crippen molar-refractivity contribution in [1.29, 1.82) is 0 Å². The first-order chi connectivity index (χ1) is 15.4. The molecule has 0 bridgehead atoms. The first-order valence-electron chi connectivity index (χ1n) is 9.34. The molecule has 1 aromatic heterocycles. The van der Waals surface area contributed by atoms with E-state index in [0.717, 1.165) is 13.1 Å². The van der Waals surface area contributed by atoms with Crippen LogP contribution in [0.15, 0.2) is 28.7 Å². The molecule has 2 heterocycles. The van der Waals surface area contributed by atoms with Gasteiger partial charge in [-0.3, -0.25) is 9.48 Å². The van der Waals surface area contributed by atoms with E-state index in [-0.39, 0.29) is 34.3 Å². The smallest absolute Gasteiger partial charge is 0.343 e.